The highest BCUT2D eigenvalue weighted by Gasteiger charge is 2.77. The van der Waals surface area contributed by atoms with E-state index >= 15 is 0 Å². The second-order valence-corrected chi connectivity index (χ2v) is 13.1. The van der Waals surface area contributed by atoms with Gasteiger partial charge in [0.2, 0.25) is 0 Å². The van der Waals surface area contributed by atoms with Crippen molar-refractivity contribution < 1.29 is 5.11 Å². The predicted molar refractivity (Wildman–Crippen MR) is 121 cm³/mol. The van der Waals surface area contributed by atoms with Gasteiger partial charge in [0.25, 0.3) is 0 Å². The molecule has 5 rings (SSSR count). The average Bonchev–Trinajstić information content (AvgIpc) is 3.20. The molecule has 0 aromatic rings. The predicted octanol–water partition coefficient (Wildman–Crippen LogP) is 7.10. The van der Waals surface area contributed by atoms with E-state index in [2.05, 4.69) is 53.7 Å². The Kier molecular flexibility index (Phi) is 4.69. The van der Waals surface area contributed by atoms with E-state index in [1.165, 1.54) is 44.9 Å². The summed E-state index contributed by atoms with van der Waals surface area (Å²) in [5, 5.41) is 11.3. The van der Waals surface area contributed by atoms with Crippen LogP contribution in [-0.2, 0) is 0 Å². The fraction of sp³-hybridized carbons (Fsp3) is 0.929. The van der Waals surface area contributed by atoms with Crippen molar-refractivity contribution >= 4 is 0 Å². The first kappa shape index (κ1) is 20.6. The van der Waals surface area contributed by atoms with Gasteiger partial charge in [0.05, 0.1) is 6.10 Å². The van der Waals surface area contributed by atoms with Crippen molar-refractivity contribution in [3.63, 3.8) is 0 Å². The summed E-state index contributed by atoms with van der Waals surface area (Å²) >= 11 is 0. The number of hydrogen-bond donors (Lipinski definition) is 1. The Hall–Kier alpha value is -0.300. The van der Waals surface area contributed by atoms with Crippen molar-refractivity contribution in [1.82, 2.24) is 0 Å². The zero-order chi connectivity index (χ0) is 20.8. The minimum absolute atomic E-state index is 0.00754. The number of allylic oxidation sites excluding steroid dienone is 2. The molecule has 1 N–H and O–H groups in total. The van der Waals surface area contributed by atoms with Crippen molar-refractivity contribution in [3.05, 3.63) is 12.2 Å². The first-order chi connectivity index (χ1) is 13.6. The standard InChI is InChI=1S/C28H46O/c1-17(2)18(3)7-8-19(4)22-9-10-23-21-15-25(29)28-16-20(28)11-14-27(28,6)24(21)12-13-26(22,23)5/h7-8,17-25,29H,9-16H2,1-6H3/t18-,19+,20?,21-,22+,23-,24-,25+,26+,27+,28?/m0/s1. The topological polar surface area (TPSA) is 20.2 Å². The molecule has 0 aromatic heterocycles. The molecule has 5 aliphatic carbocycles. The molecule has 5 fully saturated rings. The quantitative estimate of drug-likeness (QED) is 0.501. The summed E-state index contributed by atoms with van der Waals surface area (Å²) in [5.74, 6) is 6.33. The van der Waals surface area contributed by atoms with Gasteiger partial charge in [-0.25, -0.2) is 0 Å². The van der Waals surface area contributed by atoms with Gasteiger partial charge in [-0.3, -0.25) is 0 Å². The Morgan fingerprint density at radius 2 is 1.66 bits per heavy atom. The van der Waals surface area contributed by atoms with Gasteiger partial charge in [-0.2, -0.15) is 0 Å². The van der Waals surface area contributed by atoms with Crippen LogP contribution in [0.15, 0.2) is 12.2 Å². The highest BCUT2D eigenvalue weighted by molar-refractivity contribution is 5.25. The third kappa shape index (κ3) is 2.61. The summed E-state index contributed by atoms with van der Waals surface area (Å²) in [6.07, 6.45) is 16.0. The van der Waals surface area contributed by atoms with E-state index in [1.54, 1.807) is 0 Å². The maximum atomic E-state index is 11.3. The van der Waals surface area contributed by atoms with Crippen LogP contribution in [0.1, 0.15) is 92.9 Å². The van der Waals surface area contributed by atoms with E-state index in [1.807, 2.05) is 0 Å². The Bertz CT molecular complexity index is 680. The Balaban J connectivity index is 1.37. The molecule has 0 aromatic carbocycles. The molecular formula is C28H46O. The molecule has 11 atom stereocenters. The Labute approximate surface area is 180 Å². The highest BCUT2D eigenvalue weighted by atomic mass is 16.3. The lowest BCUT2D eigenvalue weighted by Gasteiger charge is -2.60. The summed E-state index contributed by atoms with van der Waals surface area (Å²) in [5.41, 5.74) is 1.27. The number of aliphatic hydroxyl groups excluding tert-OH is 1. The molecule has 0 amide bonds. The van der Waals surface area contributed by atoms with E-state index in [9.17, 15) is 5.11 Å². The monoisotopic (exact) mass is 398 g/mol. The molecule has 1 spiro atoms. The molecule has 164 valence electrons. The first-order valence-corrected chi connectivity index (χ1v) is 13.0. The molecule has 5 saturated carbocycles. The lowest BCUT2D eigenvalue weighted by Crippen LogP contribution is -2.56. The van der Waals surface area contributed by atoms with Crippen LogP contribution in [0.4, 0.5) is 0 Å². The minimum Gasteiger partial charge on any atom is -0.393 e. The van der Waals surface area contributed by atoms with Gasteiger partial charge in [-0.15, -0.1) is 0 Å². The van der Waals surface area contributed by atoms with Crippen LogP contribution in [-0.4, -0.2) is 11.2 Å². The summed E-state index contributed by atoms with van der Waals surface area (Å²) in [6, 6.07) is 0. The van der Waals surface area contributed by atoms with E-state index < -0.39 is 0 Å². The second kappa shape index (κ2) is 6.60. The number of fused-ring (bicyclic) bond motifs is 4. The molecule has 0 radical (unpaired) electrons. The van der Waals surface area contributed by atoms with E-state index in [0.29, 0.717) is 28.1 Å². The van der Waals surface area contributed by atoms with Crippen LogP contribution in [0.3, 0.4) is 0 Å². The van der Waals surface area contributed by atoms with Gasteiger partial charge in [0, 0.05) is 5.41 Å². The van der Waals surface area contributed by atoms with Gasteiger partial charge >= 0.3 is 0 Å². The first-order valence-electron chi connectivity index (χ1n) is 13.0. The number of aliphatic hydroxyl groups is 1. The van der Waals surface area contributed by atoms with E-state index in [0.717, 1.165) is 41.9 Å². The maximum absolute atomic E-state index is 11.3. The largest absolute Gasteiger partial charge is 0.393 e. The highest BCUT2D eigenvalue weighted by Crippen LogP contribution is 2.81. The van der Waals surface area contributed by atoms with Crippen LogP contribution in [0.5, 0.6) is 0 Å². The zero-order valence-corrected chi connectivity index (χ0v) is 20.0. The van der Waals surface area contributed by atoms with Crippen LogP contribution in [0.25, 0.3) is 0 Å². The Morgan fingerprint density at radius 1 is 0.897 bits per heavy atom. The maximum Gasteiger partial charge on any atom is 0.0607 e. The van der Waals surface area contributed by atoms with Crippen molar-refractivity contribution in [3.8, 4) is 0 Å². The Morgan fingerprint density at radius 3 is 2.34 bits per heavy atom. The zero-order valence-electron chi connectivity index (χ0n) is 20.0. The van der Waals surface area contributed by atoms with Crippen LogP contribution < -0.4 is 0 Å². The molecule has 0 saturated heterocycles. The minimum atomic E-state index is -0.00754. The van der Waals surface area contributed by atoms with Crippen LogP contribution in [0, 0.1) is 63.6 Å². The van der Waals surface area contributed by atoms with Gasteiger partial charge < -0.3 is 5.11 Å². The van der Waals surface area contributed by atoms with Crippen LogP contribution >= 0.6 is 0 Å². The molecule has 0 bridgehead atoms. The number of hydrogen-bond acceptors (Lipinski definition) is 1. The van der Waals surface area contributed by atoms with Gasteiger partial charge in [0.1, 0.15) is 0 Å². The molecule has 29 heavy (non-hydrogen) atoms. The smallest absolute Gasteiger partial charge is 0.0607 e. The number of rotatable bonds is 4. The second-order valence-electron chi connectivity index (χ2n) is 13.1. The molecule has 5 aliphatic rings. The molecule has 0 aliphatic heterocycles. The average molecular weight is 399 g/mol. The lowest BCUT2D eigenvalue weighted by atomic mass is 9.45. The third-order valence-electron chi connectivity index (χ3n) is 12.1. The molecular weight excluding hydrogens is 352 g/mol. The van der Waals surface area contributed by atoms with E-state index in [4.69, 9.17) is 0 Å². The van der Waals surface area contributed by atoms with Gasteiger partial charge in [0.15, 0.2) is 0 Å². The SMILES string of the molecule is CC(C)[C@@H](C)C=C[C@@H](C)[C@H]1CC[C@H]2[C@@H]3C[C@@H](O)C45CC4CC[C@]5(C)[C@H]3CC[C@]12C. The summed E-state index contributed by atoms with van der Waals surface area (Å²) < 4.78 is 0. The molecule has 1 nitrogen and oxygen atoms in total. The fourth-order valence-electron chi connectivity index (χ4n) is 9.92. The van der Waals surface area contributed by atoms with Crippen molar-refractivity contribution in [2.24, 2.45) is 63.6 Å². The molecule has 1 heteroatoms. The van der Waals surface area contributed by atoms with Crippen molar-refractivity contribution in [2.75, 3.05) is 0 Å². The fourth-order valence-corrected chi connectivity index (χ4v) is 9.92. The van der Waals surface area contributed by atoms with Crippen LogP contribution in [0.2, 0.25) is 0 Å². The lowest BCUT2D eigenvalue weighted by molar-refractivity contribution is -0.151. The summed E-state index contributed by atoms with van der Waals surface area (Å²) in [4.78, 5) is 0. The van der Waals surface area contributed by atoms with Crippen molar-refractivity contribution in [2.45, 2.75) is 99.0 Å². The molecule has 0 heterocycles. The van der Waals surface area contributed by atoms with Crippen molar-refractivity contribution in [1.29, 1.82) is 0 Å². The summed E-state index contributed by atoms with van der Waals surface area (Å²) in [6.45, 7) is 14.8. The van der Waals surface area contributed by atoms with E-state index in [-0.39, 0.29) is 6.10 Å². The van der Waals surface area contributed by atoms with Gasteiger partial charge in [-0.05, 0) is 110 Å². The van der Waals surface area contributed by atoms with Gasteiger partial charge in [-0.1, -0.05) is 53.7 Å². The molecule has 2 unspecified atom stereocenters. The summed E-state index contributed by atoms with van der Waals surface area (Å²) in [7, 11) is 0. The third-order valence-corrected chi connectivity index (χ3v) is 12.1. The normalized spacial score (nSPS) is 55.3.